The summed E-state index contributed by atoms with van der Waals surface area (Å²) in [5, 5.41) is 0. The minimum Gasteiger partial charge on any atom is -0.492 e. The standard InChI is InChI=1S/C16H26ClNO/c1-5-18(9-8-17)10-11-19-16-12-14(4)6-7-15(16)13(2)3/h6-7,12-13H,5,8-11H2,1-4H3. The number of alkyl halides is 1. The molecule has 0 aliphatic carbocycles. The average Bonchev–Trinajstić information content (AvgIpc) is 2.37. The SMILES string of the molecule is CCN(CCCl)CCOc1cc(C)ccc1C(C)C. The summed E-state index contributed by atoms with van der Waals surface area (Å²) in [5.41, 5.74) is 2.53. The molecule has 1 aromatic carbocycles. The number of nitrogens with zero attached hydrogens (tertiary/aromatic N) is 1. The van der Waals surface area contributed by atoms with Crippen LogP contribution >= 0.6 is 11.6 Å². The number of halogens is 1. The fourth-order valence-corrected chi connectivity index (χ4v) is 2.31. The second-order valence-corrected chi connectivity index (χ2v) is 5.55. The fourth-order valence-electron chi connectivity index (χ4n) is 2.08. The van der Waals surface area contributed by atoms with Gasteiger partial charge in [0, 0.05) is 19.0 Å². The molecule has 19 heavy (non-hydrogen) atoms. The number of ether oxygens (including phenoxy) is 1. The van der Waals surface area contributed by atoms with Gasteiger partial charge in [0.05, 0.1) is 0 Å². The maximum atomic E-state index is 5.97. The van der Waals surface area contributed by atoms with Crippen LogP contribution in [0.1, 0.15) is 37.8 Å². The summed E-state index contributed by atoms with van der Waals surface area (Å²) in [4.78, 5) is 2.30. The predicted molar refractivity (Wildman–Crippen MR) is 83.6 cm³/mol. The Morgan fingerprint density at radius 3 is 2.58 bits per heavy atom. The first-order chi connectivity index (χ1) is 9.08. The fraction of sp³-hybridized carbons (Fsp3) is 0.625. The zero-order chi connectivity index (χ0) is 14.3. The van der Waals surface area contributed by atoms with Crippen LogP contribution in [0.15, 0.2) is 18.2 Å². The van der Waals surface area contributed by atoms with Crippen LogP contribution in [0.3, 0.4) is 0 Å². The van der Waals surface area contributed by atoms with Gasteiger partial charge < -0.3 is 4.74 Å². The molecule has 2 nitrogen and oxygen atoms in total. The molecule has 0 fully saturated rings. The van der Waals surface area contributed by atoms with Crippen LogP contribution in [0.5, 0.6) is 5.75 Å². The van der Waals surface area contributed by atoms with Gasteiger partial charge in [0.1, 0.15) is 12.4 Å². The number of aryl methyl sites for hydroxylation is 1. The number of benzene rings is 1. The van der Waals surface area contributed by atoms with Gasteiger partial charge in [-0.25, -0.2) is 0 Å². The van der Waals surface area contributed by atoms with Gasteiger partial charge in [0.2, 0.25) is 0 Å². The molecule has 0 aliphatic rings. The van der Waals surface area contributed by atoms with E-state index in [1.807, 2.05) is 0 Å². The summed E-state index contributed by atoms with van der Waals surface area (Å²) in [7, 11) is 0. The largest absolute Gasteiger partial charge is 0.492 e. The van der Waals surface area contributed by atoms with E-state index in [1.54, 1.807) is 0 Å². The molecule has 0 spiro atoms. The summed E-state index contributed by atoms with van der Waals surface area (Å²) in [6, 6.07) is 6.45. The molecular weight excluding hydrogens is 258 g/mol. The highest BCUT2D eigenvalue weighted by atomic mass is 35.5. The summed E-state index contributed by atoms with van der Waals surface area (Å²) in [6.07, 6.45) is 0. The summed E-state index contributed by atoms with van der Waals surface area (Å²) < 4.78 is 5.97. The van der Waals surface area contributed by atoms with Crippen LogP contribution in [0, 0.1) is 6.92 Å². The van der Waals surface area contributed by atoms with E-state index in [-0.39, 0.29) is 0 Å². The molecule has 0 N–H and O–H groups in total. The lowest BCUT2D eigenvalue weighted by molar-refractivity contribution is 0.222. The normalized spacial score (nSPS) is 11.3. The number of likely N-dealkylation sites (N-methyl/N-ethyl adjacent to an activating group) is 1. The Kier molecular flexibility index (Phi) is 7.25. The third-order valence-corrected chi connectivity index (χ3v) is 3.47. The lowest BCUT2D eigenvalue weighted by Gasteiger charge is -2.20. The summed E-state index contributed by atoms with van der Waals surface area (Å²) in [6.45, 7) is 12.2. The molecule has 0 unspecified atom stereocenters. The van der Waals surface area contributed by atoms with Crippen molar-refractivity contribution in [1.29, 1.82) is 0 Å². The van der Waals surface area contributed by atoms with Gasteiger partial charge in [-0.1, -0.05) is 32.9 Å². The first-order valence-electron chi connectivity index (χ1n) is 7.10. The molecule has 0 heterocycles. The van der Waals surface area contributed by atoms with E-state index in [2.05, 4.69) is 50.8 Å². The van der Waals surface area contributed by atoms with Crippen LogP contribution in [0.4, 0.5) is 0 Å². The molecule has 3 heteroatoms. The topological polar surface area (TPSA) is 12.5 Å². The Morgan fingerprint density at radius 1 is 1.26 bits per heavy atom. The van der Waals surface area contributed by atoms with Crippen molar-refractivity contribution in [2.45, 2.75) is 33.6 Å². The molecule has 0 bridgehead atoms. The lowest BCUT2D eigenvalue weighted by Crippen LogP contribution is -2.30. The second-order valence-electron chi connectivity index (χ2n) is 5.17. The molecule has 0 aromatic heterocycles. The summed E-state index contributed by atoms with van der Waals surface area (Å²) in [5.74, 6) is 2.19. The van der Waals surface area contributed by atoms with Crippen LogP contribution < -0.4 is 4.74 Å². The second kappa shape index (κ2) is 8.44. The van der Waals surface area contributed by atoms with E-state index < -0.39 is 0 Å². The van der Waals surface area contributed by atoms with E-state index in [9.17, 15) is 0 Å². The Bertz CT molecular complexity index is 379. The Hall–Kier alpha value is -0.730. The van der Waals surface area contributed by atoms with Gasteiger partial charge in [0.15, 0.2) is 0 Å². The van der Waals surface area contributed by atoms with Crippen LogP contribution in [-0.2, 0) is 0 Å². The van der Waals surface area contributed by atoms with E-state index in [1.165, 1.54) is 11.1 Å². The van der Waals surface area contributed by atoms with Gasteiger partial charge in [-0.2, -0.15) is 0 Å². The molecule has 1 rings (SSSR count). The van der Waals surface area contributed by atoms with Gasteiger partial charge in [-0.05, 0) is 36.6 Å². The van der Waals surface area contributed by atoms with Crippen molar-refractivity contribution in [2.75, 3.05) is 32.1 Å². The van der Waals surface area contributed by atoms with Crippen molar-refractivity contribution >= 4 is 11.6 Å². The average molecular weight is 284 g/mol. The molecule has 0 saturated carbocycles. The van der Waals surface area contributed by atoms with Crippen molar-refractivity contribution in [3.05, 3.63) is 29.3 Å². The molecule has 108 valence electrons. The van der Waals surface area contributed by atoms with Gasteiger partial charge in [0.25, 0.3) is 0 Å². The van der Waals surface area contributed by atoms with E-state index >= 15 is 0 Å². The van der Waals surface area contributed by atoms with Gasteiger partial charge >= 0.3 is 0 Å². The third-order valence-electron chi connectivity index (χ3n) is 3.30. The van der Waals surface area contributed by atoms with Crippen molar-refractivity contribution in [3.8, 4) is 5.75 Å². The van der Waals surface area contributed by atoms with Crippen LogP contribution in [0.25, 0.3) is 0 Å². The van der Waals surface area contributed by atoms with E-state index in [0.29, 0.717) is 18.4 Å². The zero-order valence-electron chi connectivity index (χ0n) is 12.6. The summed E-state index contributed by atoms with van der Waals surface area (Å²) >= 11 is 5.78. The molecule has 1 aromatic rings. The highest BCUT2D eigenvalue weighted by molar-refractivity contribution is 6.18. The van der Waals surface area contributed by atoms with Crippen LogP contribution in [-0.4, -0.2) is 37.0 Å². The quantitative estimate of drug-likeness (QED) is 0.667. The van der Waals surface area contributed by atoms with Crippen molar-refractivity contribution < 1.29 is 4.74 Å². The Morgan fingerprint density at radius 2 is 2.00 bits per heavy atom. The van der Waals surface area contributed by atoms with Crippen molar-refractivity contribution in [2.24, 2.45) is 0 Å². The number of hydrogen-bond acceptors (Lipinski definition) is 2. The monoisotopic (exact) mass is 283 g/mol. The maximum absolute atomic E-state index is 5.97. The number of rotatable bonds is 8. The molecule has 0 saturated heterocycles. The lowest BCUT2D eigenvalue weighted by atomic mass is 10.0. The maximum Gasteiger partial charge on any atom is 0.123 e. The molecule has 0 amide bonds. The highest BCUT2D eigenvalue weighted by Crippen LogP contribution is 2.27. The minimum absolute atomic E-state index is 0.487. The molecule has 0 atom stereocenters. The van der Waals surface area contributed by atoms with Crippen molar-refractivity contribution in [1.82, 2.24) is 4.90 Å². The minimum atomic E-state index is 0.487. The van der Waals surface area contributed by atoms with Gasteiger partial charge in [-0.15, -0.1) is 11.6 Å². The first-order valence-corrected chi connectivity index (χ1v) is 7.63. The van der Waals surface area contributed by atoms with E-state index in [4.69, 9.17) is 16.3 Å². The van der Waals surface area contributed by atoms with Crippen molar-refractivity contribution in [3.63, 3.8) is 0 Å². The zero-order valence-corrected chi connectivity index (χ0v) is 13.3. The predicted octanol–water partition coefficient (Wildman–Crippen LogP) is 4.06. The van der Waals surface area contributed by atoms with E-state index in [0.717, 1.165) is 25.4 Å². The smallest absolute Gasteiger partial charge is 0.123 e. The molecular formula is C16H26ClNO. The Labute approximate surface area is 122 Å². The first kappa shape index (κ1) is 16.3. The molecule has 0 radical (unpaired) electrons. The molecule has 0 aliphatic heterocycles. The Balaban J connectivity index is 2.59. The number of hydrogen-bond donors (Lipinski definition) is 0. The van der Waals surface area contributed by atoms with Gasteiger partial charge in [-0.3, -0.25) is 4.90 Å². The third kappa shape index (κ3) is 5.42. The van der Waals surface area contributed by atoms with Crippen LogP contribution in [0.2, 0.25) is 0 Å². The highest BCUT2D eigenvalue weighted by Gasteiger charge is 2.09.